The van der Waals surface area contributed by atoms with Crippen molar-refractivity contribution in [1.29, 1.82) is 0 Å². The van der Waals surface area contributed by atoms with E-state index in [0.29, 0.717) is 0 Å². The van der Waals surface area contributed by atoms with Crippen LogP contribution in [0.4, 0.5) is 0 Å². The van der Waals surface area contributed by atoms with Crippen molar-refractivity contribution in [3.05, 3.63) is 108 Å². The molecule has 118 valence electrons. The minimum Gasteiger partial charge on any atom is -0.0622 e. The lowest BCUT2D eigenvalue weighted by Gasteiger charge is -2.08. The molecule has 0 aliphatic heterocycles. The van der Waals surface area contributed by atoms with Crippen LogP contribution in [0.3, 0.4) is 0 Å². The monoisotopic (exact) mass is 318 g/mol. The molecule has 0 fully saturated rings. The van der Waals surface area contributed by atoms with Crippen LogP contribution in [-0.2, 0) is 6.42 Å². The average molecular weight is 318 g/mol. The van der Waals surface area contributed by atoms with Crippen molar-refractivity contribution in [1.82, 2.24) is 0 Å². The Morgan fingerprint density at radius 3 is 1.88 bits per heavy atom. The molecular weight excluding hydrogens is 300 g/mol. The lowest BCUT2D eigenvalue weighted by Crippen LogP contribution is -1.87. The summed E-state index contributed by atoms with van der Waals surface area (Å²) in [6.45, 7) is 0. The minimum absolute atomic E-state index is 1.01. The first-order valence-electron chi connectivity index (χ1n) is 8.76. The van der Waals surface area contributed by atoms with Gasteiger partial charge in [-0.2, -0.15) is 0 Å². The van der Waals surface area contributed by atoms with Gasteiger partial charge in [0, 0.05) is 0 Å². The zero-order valence-electron chi connectivity index (χ0n) is 13.9. The predicted octanol–water partition coefficient (Wildman–Crippen LogP) is 6.59. The largest absolute Gasteiger partial charge is 0.0622 e. The highest BCUT2D eigenvalue weighted by Crippen LogP contribution is 2.42. The second-order valence-corrected chi connectivity index (χ2v) is 6.61. The van der Waals surface area contributed by atoms with Gasteiger partial charge in [-0.1, -0.05) is 97.1 Å². The summed E-state index contributed by atoms with van der Waals surface area (Å²) in [6, 6.07) is 34.9. The van der Waals surface area contributed by atoms with Crippen molar-refractivity contribution in [3.8, 4) is 33.4 Å². The van der Waals surface area contributed by atoms with E-state index in [1.807, 2.05) is 0 Å². The molecule has 1 aliphatic rings. The van der Waals surface area contributed by atoms with Gasteiger partial charge in [0.05, 0.1) is 0 Å². The third-order valence-corrected chi connectivity index (χ3v) is 5.13. The fourth-order valence-electron chi connectivity index (χ4n) is 3.92. The second kappa shape index (κ2) is 5.75. The molecule has 4 aromatic rings. The van der Waals surface area contributed by atoms with Crippen molar-refractivity contribution >= 4 is 0 Å². The van der Waals surface area contributed by atoms with E-state index in [2.05, 4.69) is 97.1 Å². The third kappa shape index (κ3) is 2.38. The molecule has 0 saturated carbocycles. The number of benzene rings is 4. The van der Waals surface area contributed by atoms with Gasteiger partial charge in [0.1, 0.15) is 0 Å². The topological polar surface area (TPSA) is 0 Å². The van der Waals surface area contributed by atoms with Crippen molar-refractivity contribution in [2.45, 2.75) is 6.42 Å². The number of hydrogen-bond acceptors (Lipinski definition) is 0. The summed E-state index contributed by atoms with van der Waals surface area (Å²) in [5.74, 6) is 0. The van der Waals surface area contributed by atoms with Gasteiger partial charge in [-0.15, -0.1) is 0 Å². The molecule has 0 N–H and O–H groups in total. The van der Waals surface area contributed by atoms with Gasteiger partial charge in [0.2, 0.25) is 0 Å². The smallest absolute Gasteiger partial charge is 0.000707 e. The molecule has 0 bridgehead atoms. The Balaban J connectivity index is 1.62. The summed E-state index contributed by atoms with van der Waals surface area (Å²) in [4.78, 5) is 0. The molecule has 5 rings (SSSR count). The van der Waals surface area contributed by atoms with Crippen molar-refractivity contribution in [3.63, 3.8) is 0 Å². The van der Waals surface area contributed by atoms with Crippen molar-refractivity contribution in [2.24, 2.45) is 0 Å². The van der Waals surface area contributed by atoms with Crippen LogP contribution >= 0.6 is 0 Å². The van der Waals surface area contributed by atoms with Crippen LogP contribution in [0.2, 0.25) is 0 Å². The van der Waals surface area contributed by atoms with E-state index in [1.54, 1.807) is 0 Å². The molecule has 0 atom stereocenters. The van der Waals surface area contributed by atoms with Gasteiger partial charge in [-0.05, 0) is 50.9 Å². The number of rotatable bonds is 2. The lowest BCUT2D eigenvalue weighted by molar-refractivity contribution is 1.26. The highest BCUT2D eigenvalue weighted by Gasteiger charge is 2.21. The van der Waals surface area contributed by atoms with E-state index >= 15 is 0 Å². The number of hydrogen-bond donors (Lipinski definition) is 0. The quantitative estimate of drug-likeness (QED) is 0.344. The van der Waals surface area contributed by atoms with E-state index < -0.39 is 0 Å². The van der Waals surface area contributed by atoms with Crippen molar-refractivity contribution in [2.75, 3.05) is 0 Å². The van der Waals surface area contributed by atoms with Gasteiger partial charge in [-0.25, -0.2) is 0 Å². The molecular formula is C25H18. The highest BCUT2D eigenvalue weighted by atomic mass is 14.2. The Morgan fingerprint density at radius 2 is 1.12 bits per heavy atom. The fraction of sp³-hybridized carbons (Fsp3) is 0.0400. The Morgan fingerprint density at radius 1 is 0.440 bits per heavy atom. The van der Waals surface area contributed by atoms with E-state index in [9.17, 15) is 0 Å². The molecule has 25 heavy (non-hydrogen) atoms. The molecule has 0 spiro atoms. The zero-order valence-corrected chi connectivity index (χ0v) is 13.9. The first kappa shape index (κ1) is 14.2. The highest BCUT2D eigenvalue weighted by molar-refractivity contribution is 5.86. The summed E-state index contributed by atoms with van der Waals surface area (Å²) in [5, 5.41) is 0. The summed E-state index contributed by atoms with van der Waals surface area (Å²) >= 11 is 0. The SMILES string of the molecule is c1ccc(-c2ccc3c(c2)Cc2c(-c4ccccc4)cccc2-3)cc1. The van der Waals surface area contributed by atoms with Crippen LogP contribution in [-0.4, -0.2) is 0 Å². The molecule has 0 nitrogen and oxygen atoms in total. The fourth-order valence-corrected chi connectivity index (χ4v) is 3.92. The van der Waals surface area contributed by atoms with Crippen molar-refractivity contribution < 1.29 is 0 Å². The Labute approximate surface area is 148 Å². The molecule has 0 unspecified atom stereocenters. The summed E-state index contributed by atoms with van der Waals surface area (Å²) in [7, 11) is 0. The van der Waals surface area contributed by atoms with E-state index in [4.69, 9.17) is 0 Å². The van der Waals surface area contributed by atoms with Crippen LogP contribution in [0, 0.1) is 0 Å². The predicted molar refractivity (Wildman–Crippen MR) is 106 cm³/mol. The maximum atomic E-state index is 2.36. The number of fused-ring (bicyclic) bond motifs is 3. The Hall–Kier alpha value is -3.12. The van der Waals surface area contributed by atoms with Gasteiger partial charge in [0.25, 0.3) is 0 Å². The first-order valence-corrected chi connectivity index (χ1v) is 8.76. The molecule has 0 radical (unpaired) electrons. The molecule has 4 aromatic carbocycles. The Kier molecular flexibility index (Phi) is 3.28. The van der Waals surface area contributed by atoms with Gasteiger partial charge >= 0.3 is 0 Å². The molecule has 0 saturated heterocycles. The van der Waals surface area contributed by atoms with Crippen LogP contribution in [0.15, 0.2) is 97.1 Å². The first-order chi connectivity index (χ1) is 12.4. The standard InChI is InChI=1S/C25H18/c1-3-8-18(9-4-1)20-14-15-23-21(16-20)17-25-22(12-7-13-24(23)25)19-10-5-2-6-11-19/h1-16H,17H2. The van der Waals surface area contributed by atoms with E-state index in [1.165, 1.54) is 44.5 Å². The molecule has 0 aromatic heterocycles. The third-order valence-electron chi connectivity index (χ3n) is 5.13. The van der Waals surface area contributed by atoms with Gasteiger partial charge in [-0.3, -0.25) is 0 Å². The van der Waals surface area contributed by atoms with E-state index in [0.717, 1.165) is 6.42 Å². The van der Waals surface area contributed by atoms with Crippen LogP contribution in [0.25, 0.3) is 33.4 Å². The van der Waals surface area contributed by atoms with Gasteiger partial charge < -0.3 is 0 Å². The zero-order chi connectivity index (χ0) is 16.6. The summed E-state index contributed by atoms with van der Waals surface area (Å²) in [5.41, 5.74) is 10.9. The minimum atomic E-state index is 1.01. The maximum Gasteiger partial charge on any atom is -0.000707 e. The van der Waals surface area contributed by atoms with Gasteiger partial charge in [0.15, 0.2) is 0 Å². The normalized spacial score (nSPS) is 11.8. The molecule has 0 heterocycles. The maximum absolute atomic E-state index is 2.36. The summed E-state index contributed by atoms with van der Waals surface area (Å²) < 4.78 is 0. The van der Waals surface area contributed by atoms with Crippen LogP contribution in [0.5, 0.6) is 0 Å². The Bertz CT molecular complexity index is 1040. The second-order valence-electron chi connectivity index (χ2n) is 6.61. The van der Waals surface area contributed by atoms with E-state index in [-0.39, 0.29) is 0 Å². The molecule has 0 heteroatoms. The average Bonchev–Trinajstić information content (AvgIpc) is 3.07. The molecule has 0 amide bonds. The van der Waals surface area contributed by atoms with Crippen LogP contribution in [0.1, 0.15) is 11.1 Å². The van der Waals surface area contributed by atoms with Crippen LogP contribution < -0.4 is 0 Å². The molecule has 1 aliphatic carbocycles. The summed E-state index contributed by atoms with van der Waals surface area (Å²) in [6.07, 6.45) is 1.01. The lowest BCUT2D eigenvalue weighted by atomic mass is 9.96.